The summed E-state index contributed by atoms with van der Waals surface area (Å²) in [5, 5.41) is 5.37. The smallest absolute Gasteiger partial charge is 0.274 e. The van der Waals surface area contributed by atoms with Gasteiger partial charge < -0.3 is 10.6 Å². The van der Waals surface area contributed by atoms with E-state index >= 15 is 0 Å². The van der Waals surface area contributed by atoms with E-state index in [1.165, 1.54) is 12.3 Å². The number of carbonyl (C=O) groups is 1. The summed E-state index contributed by atoms with van der Waals surface area (Å²) in [5.74, 6) is -1.92. The van der Waals surface area contributed by atoms with Crippen LogP contribution in [0.25, 0.3) is 0 Å². The molecular formula is C18H14F2N4O. The van der Waals surface area contributed by atoms with Gasteiger partial charge in [-0.3, -0.25) is 4.79 Å². The molecule has 0 fully saturated rings. The maximum Gasteiger partial charge on any atom is 0.274 e. The van der Waals surface area contributed by atoms with Gasteiger partial charge >= 0.3 is 0 Å². The van der Waals surface area contributed by atoms with Crippen LogP contribution in [-0.4, -0.2) is 15.9 Å². The predicted octanol–water partition coefficient (Wildman–Crippen LogP) is 3.62. The zero-order valence-corrected chi connectivity index (χ0v) is 13.0. The van der Waals surface area contributed by atoms with Gasteiger partial charge in [-0.1, -0.05) is 30.3 Å². The number of carbonyl (C=O) groups excluding carboxylic acids is 1. The molecular weight excluding hydrogens is 326 g/mol. The van der Waals surface area contributed by atoms with E-state index in [1.54, 1.807) is 0 Å². The molecule has 0 aliphatic rings. The Bertz CT molecular complexity index is 887. The number of rotatable bonds is 5. The Hall–Kier alpha value is -3.35. The molecule has 0 atom stereocenters. The van der Waals surface area contributed by atoms with Gasteiger partial charge in [0.1, 0.15) is 17.3 Å². The normalized spacial score (nSPS) is 10.3. The third-order valence-corrected chi connectivity index (χ3v) is 3.36. The van der Waals surface area contributed by atoms with Crippen LogP contribution in [0.1, 0.15) is 16.1 Å². The van der Waals surface area contributed by atoms with Crippen molar-refractivity contribution >= 4 is 17.5 Å². The Morgan fingerprint density at radius 2 is 1.84 bits per heavy atom. The summed E-state index contributed by atoms with van der Waals surface area (Å²) in [6.45, 7) is 0.499. The van der Waals surface area contributed by atoms with E-state index in [4.69, 9.17) is 0 Å². The predicted molar refractivity (Wildman–Crippen MR) is 90.1 cm³/mol. The van der Waals surface area contributed by atoms with Gasteiger partial charge in [-0.2, -0.15) is 0 Å². The fraction of sp³-hybridized carbons (Fsp3) is 0.0556. The second-order valence-electron chi connectivity index (χ2n) is 5.18. The van der Waals surface area contributed by atoms with Crippen molar-refractivity contribution in [3.05, 3.63) is 83.7 Å². The molecule has 0 saturated heterocycles. The number of aromatic nitrogens is 2. The van der Waals surface area contributed by atoms with Gasteiger partial charge in [-0.05, 0) is 23.8 Å². The summed E-state index contributed by atoms with van der Waals surface area (Å²) in [6, 6.07) is 14.0. The van der Waals surface area contributed by atoms with Crippen molar-refractivity contribution in [2.45, 2.75) is 6.54 Å². The molecule has 3 aromatic rings. The fourth-order valence-electron chi connectivity index (χ4n) is 2.12. The summed E-state index contributed by atoms with van der Waals surface area (Å²) in [5.41, 5.74) is 0.979. The number of anilines is 2. The Morgan fingerprint density at radius 1 is 1.04 bits per heavy atom. The maximum atomic E-state index is 13.6. The van der Waals surface area contributed by atoms with Crippen molar-refractivity contribution in [1.82, 2.24) is 9.97 Å². The van der Waals surface area contributed by atoms with Gasteiger partial charge in [-0.15, -0.1) is 0 Å². The molecule has 7 heteroatoms. The molecule has 5 nitrogen and oxygen atoms in total. The third kappa shape index (κ3) is 4.35. The first kappa shape index (κ1) is 16.5. The summed E-state index contributed by atoms with van der Waals surface area (Å²) in [4.78, 5) is 20.3. The molecule has 1 heterocycles. The van der Waals surface area contributed by atoms with Gasteiger partial charge in [-0.25, -0.2) is 18.7 Å². The molecule has 126 valence electrons. The lowest BCUT2D eigenvalue weighted by Crippen LogP contribution is -2.16. The molecule has 0 aliphatic heterocycles. The first-order chi connectivity index (χ1) is 12.1. The zero-order valence-electron chi connectivity index (χ0n) is 13.0. The van der Waals surface area contributed by atoms with Crippen LogP contribution in [0.5, 0.6) is 0 Å². The molecule has 2 N–H and O–H groups in total. The fourth-order valence-corrected chi connectivity index (χ4v) is 2.12. The number of nitrogens with one attached hydrogen (secondary N) is 2. The molecule has 1 aromatic heterocycles. The minimum Gasteiger partial charge on any atom is -0.350 e. The van der Waals surface area contributed by atoms with Crippen molar-refractivity contribution < 1.29 is 13.6 Å². The minimum atomic E-state index is -0.857. The molecule has 3 rings (SSSR count). The summed E-state index contributed by atoms with van der Waals surface area (Å²) in [6.07, 6.45) is 1.43. The van der Waals surface area contributed by atoms with Crippen molar-refractivity contribution in [3.8, 4) is 0 Å². The van der Waals surface area contributed by atoms with Crippen molar-refractivity contribution in [2.75, 3.05) is 10.6 Å². The Labute approximate surface area is 142 Å². The summed E-state index contributed by atoms with van der Waals surface area (Å²) in [7, 11) is 0. The number of benzene rings is 2. The lowest BCUT2D eigenvalue weighted by molar-refractivity contribution is 0.102. The lowest BCUT2D eigenvalue weighted by atomic mass is 10.2. The van der Waals surface area contributed by atoms with Crippen LogP contribution in [0.15, 0.2) is 60.8 Å². The lowest BCUT2D eigenvalue weighted by Gasteiger charge is -2.08. The van der Waals surface area contributed by atoms with Crippen molar-refractivity contribution in [2.24, 2.45) is 0 Å². The highest BCUT2D eigenvalue weighted by molar-refractivity contribution is 6.03. The van der Waals surface area contributed by atoms with Crippen LogP contribution in [0.3, 0.4) is 0 Å². The van der Waals surface area contributed by atoms with Crippen LogP contribution in [0, 0.1) is 11.6 Å². The number of hydrogen-bond donors (Lipinski definition) is 2. The molecule has 0 aliphatic carbocycles. The molecule has 0 bridgehead atoms. The molecule has 0 unspecified atom stereocenters. The second kappa shape index (κ2) is 7.48. The number of nitrogens with zero attached hydrogens (tertiary/aromatic N) is 2. The highest BCUT2D eigenvalue weighted by Gasteiger charge is 2.12. The SMILES string of the molecule is O=C(Nc1ccc(F)cc1F)c1ccnc(NCc2ccccc2)n1. The molecule has 2 aromatic carbocycles. The third-order valence-electron chi connectivity index (χ3n) is 3.36. The van der Waals surface area contributed by atoms with Crippen LogP contribution in [-0.2, 0) is 6.54 Å². The van der Waals surface area contributed by atoms with Crippen LogP contribution >= 0.6 is 0 Å². The van der Waals surface area contributed by atoms with E-state index in [-0.39, 0.29) is 17.3 Å². The van der Waals surface area contributed by atoms with Crippen LogP contribution < -0.4 is 10.6 Å². The largest absolute Gasteiger partial charge is 0.350 e. The Morgan fingerprint density at radius 3 is 2.60 bits per heavy atom. The van der Waals surface area contributed by atoms with E-state index < -0.39 is 17.5 Å². The van der Waals surface area contributed by atoms with Gasteiger partial charge in [0, 0.05) is 18.8 Å². The van der Waals surface area contributed by atoms with Crippen molar-refractivity contribution in [1.29, 1.82) is 0 Å². The van der Waals surface area contributed by atoms with Gasteiger partial charge in [0.15, 0.2) is 0 Å². The minimum absolute atomic E-state index is 0.0642. The number of amides is 1. The Balaban J connectivity index is 1.69. The van der Waals surface area contributed by atoms with Crippen LogP contribution in [0.2, 0.25) is 0 Å². The first-order valence-electron chi connectivity index (χ1n) is 7.49. The molecule has 25 heavy (non-hydrogen) atoms. The van der Waals surface area contributed by atoms with Gasteiger partial charge in [0.2, 0.25) is 5.95 Å². The monoisotopic (exact) mass is 340 g/mol. The second-order valence-corrected chi connectivity index (χ2v) is 5.18. The molecule has 0 saturated carbocycles. The topological polar surface area (TPSA) is 66.9 Å². The molecule has 0 radical (unpaired) electrons. The van der Waals surface area contributed by atoms with E-state index in [0.29, 0.717) is 12.6 Å². The van der Waals surface area contributed by atoms with Gasteiger partial charge in [0.05, 0.1) is 5.69 Å². The Kier molecular flexibility index (Phi) is 4.94. The number of hydrogen-bond acceptors (Lipinski definition) is 4. The standard InChI is InChI=1S/C18H14F2N4O/c19-13-6-7-15(14(20)10-13)23-17(25)16-8-9-21-18(24-16)22-11-12-4-2-1-3-5-12/h1-10H,11H2,(H,23,25)(H,21,22,24). The van der Waals surface area contributed by atoms with E-state index in [1.807, 2.05) is 30.3 Å². The summed E-state index contributed by atoms with van der Waals surface area (Å²) >= 11 is 0. The van der Waals surface area contributed by atoms with E-state index in [2.05, 4.69) is 20.6 Å². The zero-order chi connectivity index (χ0) is 17.6. The highest BCUT2D eigenvalue weighted by atomic mass is 19.1. The quantitative estimate of drug-likeness (QED) is 0.744. The van der Waals surface area contributed by atoms with Gasteiger partial charge in [0.25, 0.3) is 5.91 Å². The first-order valence-corrected chi connectivity index (χ1v) is 7.49. The maximum absolute atomic E-state index is 13.6. The highest BCUT2D eigenvalue weighted by Crippen LogP contribution is 2.16. The van der Waals surface area contributed by atoms with Crippen molar-refractivity contribution in [3.63, 3.8) is 0 Å². The number of halogens is 2. The molecule has 1 amide bonds. The average molecular weight is 340 g/mol. The molecule has 0 spiro atoms. The average Bonchev–Trinajstić information content (AvgIpc) is 2.63. The summed E-state index contributed by atoms with van der Waals surface area (Å²) < 4.78 is 26.5. The van der Waals surface area contributed by atoms with E-state index in [0.717, 1.165) is 17.7 Å². The van der Waals surface area contributed by atoms with E-state index in [9.17, 15) is 13.6 Å². The van der Waals surface area contributed by atoms with Crippen LogP contribution in [0.4, 0.5) is 20.4 Å².